The Hall–Kier alpha value is -2.43. The highest BCUT2D eigenvalue weighted by Crippen LogP contribution is 2.31. The number of benzene rings is 1. The fourth-order valence-corrected chi connectivity index (χ4v) is 2.34. The molecule has 0 radical (unpaired) electrons. The van der Waals surface area contributed by atoms with Crippen molar-refractivity contribution in [3.05, 3.63) is 41.2 Å². The van der Waals surface area contributed by atoms with Crippen LogP contribution in [0.1, 0.15) is 21.7 Å². The smallest absolute Gasteiger partial charge is 0.337 e. The molecule has 0 bridgehead atoms. The Balaban J connectivity index is 2.60. The van der Waals surface area contributed by atoms with Crippen molar-refractivity contribution >= 4 is 5.97 Å². The molecule has 0 unspecified atom stereocenters. The van der Waals surface area contributed by atoms with E-state index in [1.165, 1.54) is 0 Å². The Morgan fingerprint density at radius 2 is 1.75 bits per heavy atom. The minimum Gasteiger partial charge on any atom is -0.493 e. The van der Waals surface area contributed by atoms with Crippen LogP contribution in [0.15, 0.2) is 24.3 Å². The predicted octanol–water partition coefficient (Wildman–Crippen LogP) is 2.81. The van der Waals surface area contributed by atoms with Gasteiger partial charge in [0.2, 0.25) is 0 Å². The highest BCUT2D eigenvalue weighted by molar-refractivity contribution is 5.89. The van der Waals surface area contributed by atoms with Crippen LogP contribution in [-0.2, 0) is 0 Å². The van der Waals surface area contributed by atoms with Gasteiger partial charge < -0.3 is 19.1 Å². The number of carboxylic acid groups (broad SMARTS) is 1. The number of carboxylic acids is 1. The molecule has 0 fully saturated rings. The van der Waals surface area contributed by atoms with Gasteiger partial charge in [-0.15, -0.1) is 0 Å². The first-order valence-corrected chi connectivity index (χ1v) is 6.14. The van der Waals surface area contributed by atoms with Gasteiger partial charge in [-0.05, 0) is 32.0 Å². The third-order valence-corrected chi connectivity index (χ3v) is 3.29. The lowest BCUT2D eigenvalue weighted by Gasteiger charge is -2.13. The number of aryl methyl sites for hydroxylation is 1. The van der Waals surface area contributed by atoms with Crippen LogP contribution < -0.4 is 9.47 Å². The molecule has 2 rings (SSSR count). The molecule has 0 spiro atoms. The van der Waals surface area contributed by atoms with Gasteiger partial charge in [-0.2, -0.15) is 0 Å². The molecule has 1 N–H and O–H groups in total. The van der Waals surface area contributed by atoms with Crippen molar-refractivity contribution in [1.82, 2.24) is 4.57 Å². The molecule has 1 aromatic heterocycles. The molecule has 20 heavy (non-hydrogen) atoms. The maximum Gasteiger partial charge on any atom is 0.337 e. The summed E-state index contributed by atoms with van der Waals surface area (Å²) in [6.45, 7) is 3.66. The number of rotatable bonds is 4. The molecule has 1 aromatic carbocycles. The van der Waals surface area contributed by atoms with E-state index in [0.717, 1.165) is 11.4 Å². The number of aromatic nitrogens is 1. The number of ether oxygens (including phenoxy) is 2. The van der Waals surface area contributed by atoms with Crippen LogP contribution >= 0.6 is 0 Å². The van der Waals surface area contributed by atoms with Crippen LogP contribution in [0.5, 0.6) is 11.5 Å². The quantitative estimate of drug-likeness (QED) is 0.932. The molecule has 0 aliphatic carbocycles. The van der Waals surface area contributed by atoms with Gasteiger partial charge in [0, 0.05) is 23.1 Å². The third kappa shape index (κ3) is 2.22. The van der Waals surface area contributed by atoms with Gasteiger partial charge in [0.15, 0.2) is 11.5 Å². The summed E-state index contributed by atoms with van der Waals surface area (Å²) in [5.41, 5.74) is 2.68. The van der Waals surface area contributed by atoms with Crippen molar-refractivity contribution < 1.29 is 19.4 Å². The molecule has 0 atom stereocenters. The molecule has 5 heteroatoms. The van der Waals surface area contributed by atoms with Gasteiger partial charge in [-0.25, -0.2) is 4.79 Å². The molecular formula is C15H17NO4. The van der Waals surface area contributed by atoms with E-state index in [2.05, 4.69) is 0 Å². The summed E-state index contributed by atoms with van der Waals surface area (Å²) in [5, 5.41) is 9.18. The maximum atomic E-state index is 11.2. The number of methoxy groups -OCH3 is 2. The summed E-state index contributed by atoms with van der Waals surface area (Å²) in [6.07, 6.45) is 0. The molecule has 106 valence electrons. The maximum absolute atomic E-state index is 11.2. The van der Waals surface area contributed by atoms with Crippen LogP contribution in [0.2, 0.25) is 0 Å². The summed E-state index contributed by atoms with van der Waals surface area (Å²) in [6, 6.07) is 7.15. The van der Waals surface area contributed by atoms with Gasteiger partial charge in [-0.3, -0.25) is 0 Å². The van der Waals surface area contributed by atoms with Crippen LogP contribution in [0.25, 0.3) is 5.69 Å². The summed E-state index contributed by atoms with van der Waals surface area (Å²) >= 11 is 0. The summed E-state index contributed by atoms with van der Waals surface area (Å²) in [5.74, 6) is 0.316. The van der Waals surface area contributed by atoms with E-state index in [4.69, 9.17) is 9.47 Å². The monoisotopic (exact) mass is 275 g/mol. The zero-order valence-corrected chi connectivity index (χ0v) is 11.9. The fourth-order valence-electron chi connectivity index (χ4n) is 2.34. The van der Waals surface area contributed by atoms with Crippen molar-refractivity contribution in [2.45, 2.75) is 13.8 Å². The van der Waals surface area contributed by atoms with E-state index >= 15 is 0 Å². The summed E-state index contributed by atoms with van der Waals surface area (Å²) < 4.78 is 12.4. The molecule has 5 nitrogen and oxygen atoms in total. The van der Waals surface area contributed by atoms with Gasteiger partial charge in [0.1, 0.15) is 0 Å². The van der Waals surface area contributed by atoms with Crippen LogP contribution in [0.4, 0.5) is 0 Å². The van der Waals surface area contributed by atoms with E-state index < -0.39 is 5.97 Å². The van der Waals surface area contributed by atoms with Crippen molar-refractivity contribution in [2.24, 2.45) is 0 Å². The number of hydrogen-bond acceptors (Lipinski definition) is 3. The average molecular weight is 275 g/mol. The van der Waals surface area contributed by atoms with Crippen LogP contribution in [0, 0.1) is 13.8 Å². The first kappa shape index (κ1) is 14.0. The van der Waals surface area contributed by atoms with E-state index in [1.54, 1.807) is 33.3 Å². The highest BCUT2D eigenvalue weighted by atomic mass is 16.5. The largest absolute Gasteiger partial charge is 0.493 e. The number of aromatic carboxylic acids is 1. The predicted molar refractivity (Wildman–Crippen MR) is 75.3 cm³/mol. The molecule has 1 heterocycles. The third-order valence-electron chi connectivity index (χ3n) is 3.29. The zero-order valence-electron chi connectivity index (χ0n) is 11.9. The lowest BCUT2D eigenvalue weighted by atomic mass is 10.2. The first-order valence-electron chi connectivity index (χ1n) is 6.14. The van der Waals surface area contributed by atoms with Crippen molar-refractivity contribution in [3.8, 4) is 17.2 Å². The second-order valence-electron chi connectivity index (χ2n) is 4.46. The van der Waals surface area contributed by atoms with Gasteiger partial charge in [0.05, 0.1) is 19.8 Å². The highest BCUT2D eigenvalue weighted by Gasteiger charge is 2.16. The van der Waals surface area contributed by atoms with Crippen molar-refractivity contribution in [3.63, 3.8) is 0 Å². The lowest BCUT2D eigenvalue weighted by molar-refractivity contribution is 0.0696. The fraction of sp³-hybridized carbons (Fsp3) is 0.267. The van der Waals surface area contributed by atoms with E-state index in [1.807, 2.05) is 23.6 Å². The molecular weight excluding hydrogens is 258 g/mol. The standard InChI is InChI=1S/C15H17NO4/c1-9-7-12(15(17)18)10(2)16(9)11-5-6-13(19-3)14(8-11)20-4/h5-8H,1-4H3,(H,17,18). The molecule has 0 aliphatic heterocycles. The van der Waals surface area contributed by atoms with E-state index in [-0.39, 0.29) is 0 Å². The van der Waals surface area contributed by atoms with Gasteiger partial charge >= 0.3 is 5.97 Å². The Bertz CT molecular complexity index is 658. The van der Waals surface area contributed by atoms with Crippen LogP contribution in [-0.4, -0.2) is 29.9 Å². The van der Waals surface area contributed by atoms with E-state index in [0.29, 0.717) is 22.8 Å². The number of hydrogen-bond donors (Lipinski definition) is 1. The zero-order chi connectivity index (χ0) is 14.9. The molecule has 0 saturated carbocycles. The normalized spacial score (nSPS) is 10.4. The van der Waals surface area contributed by atoms with E-state index in [9.17, 15) is 9.90 Å². The van der Waals surface area contributed by atoms with Crippen molar-refractivity contribution in [2.75, 3.05) is 14.2 Å². The summed E-state index contributed by atoms with van der Waals surface area (Å²) in [7, 11) is 3.14. The molecule has 2 aromatic rings. The molecule has 0 amide bonds. The SMILES string of the molecule is COc1ccc(-n2c(C)cc(C(=O)O)c2C)cc1OC. The average Bonchev–Trinajstić information content (AvgIpc) is 2.73. The van der Waals surface area contributed by atoms with Gasteiger partial charge in [0.25, 0.3) is 0 Å². The first-order chi connectivity index (χ1) is 9.49. The second kappa shape index (κ2) is 5.28. The molecule has 0 aliphatic rings. The van der Waals surface area contributed by atoms with Crippen LogP contribution in [0.3, 0.4) is 0 Å². The topological polar surface area (TPSA) is 60.7 Å². The Kier molecular flexibility index (Phi) is 3.70. The minimum absolute atomic E-state index is 0.303. The number of carbonyl (C=O) groups is 1. The molecule has 0 saturated heterocycles. The Morgan fingerprint density at radius 3 is 2.25 bits per heavy atom. The van der Waals surface area contributed by atoms with Crippen molar-refractivity contribution in [1.29, 1.82) is 0 Å². The second-order valence-corrected chi connectivity index (χ2v) is 4.46. The lowest BCUT2D eigenvalue weighted by Crippen LogP contribution is -2.03. The van der Waals surface area contributed by atoms with Gasteiger partial charge in [-0.1, -0.05) is 0 Å². The Morgan fingerprint density at radius 1 is 1.10 bits per heavy atom. The summed E-state index contributed by atoms with van der Waals surface area (Å²) in [4.78, 5) is 11.2. The Labute approximate surface area is 117 Å². The minimum atomic E-state index is -0.926. The number of nitrogens with zero attached hydrogens (tertiary/aromatic N) is 1.